The first-order valence-electron chi connectivity index (χ1n) is 10.4. The summed E-state index contributed by atoms with van der Waals surface area (Å²) in [5.41, 5.74) is 6.33. The van der Waals surface area contributed by atoms with Crippen LogP contribution in [-0.4, -0.2) is 71.4 Å². The number of sulfone groups is 1. The lowest BCUT2D eigenvalue weighted by Gasteiger charge is -2.16. The summed E-state index contributed by atoms with van der Waals surface area (Å²) < 4.78 is 60.4. The highest BCUT2D eigenvalue weighted by atomic mass is 32.2. The van der Waals surface area contributed by atoms with Gasteiger partial charge in [0.05, 0.1) is 16.1 Å². The summed E-state index contributed by atoms with van der Waals surface area (Å²) in [5, 5.41) is 22.3. The monoisotopic (exact) mass is 552 g/mol. The number of hydrogen-bond donors (Lipinski definition) is 4. The highest BCUT2D eigenvalue weighted by Gasteiger charge is 2.44. The summed E-state index contributed by atoms with van der Waals surface area (Å²) >= 11 is 0.742. The third kappa shape index (κ3) is 4.26. The maximum atomic E-state index is 12.8. The SMILES string of the molecule is Nc1ncnc2c1ncn2[C@@H]1O[C@H](CNS(=O)(=O)c2cc(S(=O)(=O)c3ccccc3)cs2)[C@@H](O)[C@H]1O. The Morgan fingerprint density at radius 1 is 1.06 bits per heavy atom. The number of fused-ring (bicyclic) bond motifs is 1. The van der Waals surface area contributed by atoms with E-state index in [0.29, 0.717) is 0 Å². The van der Waals surface area contributed by atoms with Crippen molar-refractivity contribution in [2.75, 3.05) is 12.3 Å². The molecule has 1 fully saturated rings. The molecule has 0 aliphatic carbocycles. The van der Waals surface area contributed by atoms with Gasteiger partial charge in [0.2, 0.25) is 19.9 Å². The van der Waals surface area contributed by atoms with Gasteiger partial charge in [-0.3, -0.25) is 4.57 Å². The predicted molar refractivity (Wildman–Crippen MR) is 127 cm³/mol. The molecule has 16 heteroatoms. The minimum Gasteiger partial charge on any atom is -0.387 e. The molecule has 0 radical (unpaired) electrons. The fourth-order valence-corrected chi connectivity index (χ4v) is 7.76. The molecule has 3 aromatic heterocycles. The maximum Gasteiger partial charge on any atom is 0.250 e. The summed E-state index contributed by atoms with van der Waals surface area (Å²) in [5.74, 6) is 0.126. The van der Waals surface area contributed by atoms with Gasteiger partial charge in [0.1, 0.15) is 34.4 Å². The predicted octanol–water partition coefficient (Wildman–Crippen LogP) is -0.0995. The summed E-state index contributed by atoms with van der Waals surface area (Å²) in [4.78, 5) is 11.9. The van der Waals surface area contributed by atoms with E-state index in [1.807, 2.05) is 0 Å². The fraction of sp³-hybridized carbons (Fsp3) is 0.250. The van der Waals surface area contributed by atoms with Crippen LogP contribution in [0.3, 0.4) is 0 Å². The minimum atomic E-state index is -4.15. The van der Waals surface area contributed by atoms with Crippen molar-refractivity contribution in [3.63, 3.8) is 0 Å². The van der Waals surface area contributed by atoms with Gasteiger partial charge in [0, 0.05) is 11.9 Å². The number of nitrogens with zero attached hydrogens (tertiary/aromatic N) is 4. The summed E-state index contributed by atoms with van der Waals surface area (Å²) in [6, 6.07) is 8.73. The average molecular weight is 553 g/mol. The maximum absolute atomic E-state index is 12.8. The van der Waals surface area contributed by atoms with Gasteiger partial charge >= 0.3 is 0 Å². The molecule has 0 bridgehead atoms. The molecule has 0 unspecified atom stereocenters. The molecule has 36 heavy (non-hydrogen) atoms. The van der Waals surface area contributed by atoms with E-state index < -0.39 is 44.4 Å². The van der Waals surface area contributed by atoms with Crippen molar-refractivity contribution in [2.45, 2.75) is 38.5 Å². The van der Waals surface area contributed by atoms with E-state index >= 15 is 0 Å². The zero-order valence-corrected chi connectivity index (χ0v) is 20.7. The minimum absolute atomic E-state index is 0.0428. The molecule has 1 saturated heterocycles. The van der Waals surface area contributed by atoms with Crippen LogP contribution in [0.5, 0.6) is 0 Å². The van der Waals surface area contributed by atoms with Crippen LogP contribution in [0.15, 0.2) is 68.4 Å². The second kappa shape index (κ2) is 9.15. The molecule has 190 valence electrons. The van der Waals surface area contributed by atoms with Gasteiger partial charge in [-0.15, -0.1) is 11.3 Å². The van der Waals surface area contributed by atoms with E-state index in [2.05, 4.69) is 19.7 Å². The van der Waals surface area contributed by atoms with Gasteiger partial charge in [0.25, 0.3) is 0 Å². The molecular formula is C20H20N6O7S3. The van der Waals surface area contributed by atoms with Crippen molar-refractivity contribution in [3.05, 3.63) is 54.4 Å². The number of imidazole rings is 1. The fourth-order valence-electron chi connectivity index (χ4n) is 3.76. The molecule has 1 aliphatic rings. The molecule has 4 heterocycles. The smallest absolute Gasteiger partial charge is 0.250 e. The Morgan fingerprint density at radius 2 is 1.81 bits per heavy atom. The van der Waals surface area contributed by atoms with Crippen LogP contribution < -0.4 is 10.5 Å². The molecule has 0 saturated carbocycles. The van der Waals surface area contributed by atoms with Crippen molar-refractivity contribution in [1.29, 1.82) is 0 Å². The van der Waals surface area contributed by atoms with Crippen LogP contribution in [0.1, 0.15) is 6.23 Å². The lowest BCUT2D eigenvalue weighted by molar-refractivity contribution is -0.0330. The number of thiophene rings is 1. The number of ether oxygens (including phenoxy) is 1. The first-order valence-corrected chi connectivity index (χ1v) is 14.3. The molecule has 5 rings (SSSR count). The Morgan fingerprint density at radius 3 is 2.56 bits per heavy atom. The Kier molecular flexibility index (Phi) is 6.27. The van der Waals surface area contributed by atoms with E-state index in [9.17, 15) is 27.0 Å². The molecule has 4 aromatic rings. The number of aliphatic hydroxyl groups excluding tert-OH is 2. The molecule has 0 amide bonds. The Balaban J connectivity index is 1.31. The molecule has 1 aliphatic heterocycles. The number of nitrogen functional groups attached to an aromatic ring is 1. The van der Waals surface area contributed by atoms with Crippen molar-refractivity contribution < 1.29 is 31.8 Å². The van der Waals surface area contributed by atoms with Gasteiger partial charge in [-0.05, 0) is 18.2 Å². The third-order valence-electron chi connectivity index (χ3n) is 5.65. The number of anilines is 1. The summed E-state index contributed by atoms with van der Waals surface area (Å²) in [6.07, 6.45) is -2.55. The van der Waals surface area contributed by atoms with E-state index in [4.69, 9.17) is 10.5 Å². The molecule has 0 spiro atoms. The van der Waals surface area contributed by atoms with Crippen molar-refractivity contribution in [2.24, 2.45) is 0 Å². The number of benzene rings is 1. The molecule has 13 nitrogen and oxygen atoms in total. The molecule has 4 atom stereocenters. The van der Waals surface area contributed by atoms with Crippen molar-refractivity contribution in [1.82, 2.24) is 24.2 Å². The number of hydrogen-bond acceptors (Lipinski definition) is 12. The molecule has 5 N–H and O–H groups in total. The Labute approximate surface area is 209 Å². The summed E-state index contributed by atoms with van der Waals surface area (Å²) in [7, 11) is -8.03. The summed E-state index contributed by atoms with van der Waals surface area (Å²) in [6.45, 7) is -0.389. The zero-order chi connectivity index (χ0) is 25.7. The number of aromatic nitrogens is 4. The second-order valence-corrected chi connectivity index (χ2v) is 12.8. The lowest BCUT2D eigenvalue weighted by atomic mass is 10.1. The topological polar surface area (TPSA) is 200 Å². The largest absolute Gasteiger partial charge is 0.387 e. The van der Waals surface area contributed by atoms with E-state index in [0.717, 1.165) is 17.4 Å². The lowest BCUT2D eigenvalue weighted by Crippen LogP contribution is -2.39. The van der Waals surface area contributed by atoms with Gasteiger partial charge < -0.3 is 20.7 Å². The first kappa shape index (κ1) is 24.7. The van der Waals surface area contributed by atoms with Gasteiger partial charge in [-0.1, -0.05) is 18.2 Å². The van der Waals surface area contributed by atoms with Crippen molar-refractivity contribution in [3.8, 4) is 0 Å². The van der Waals surface area contributed by atoms with Gasteiger partial charge in [-0.2, -0.15) is 0 Å². The van der Waals surface area contributed by atoms with Crippen LogP contribution in [0.25, 0.3) is 11.2 Å². The van der Waals surface area contributed by atoms with Gasteiger partial charge in [-0.25, -0.2) is 36.5 Å². The second-order valence-electron chi connectivity index (χ2n) is 7.90. The average Bonchev–Trinajstić information content (AvgIpc) is 3.59. The Hall–Kier alpha value is -2.99. The highest BCUT2D eigenvalue weighted by Crippen LogP contribution is 2.32. The first-order chi connectivity index (χ1) is 17.1. The quantitative estimate of drug-likeness (QED) is 0.239. The number of nitrogens with one attached hydrogen (secondary N) is 1. The van der Waals surface area contributed by atoms with Crippen LogP contribution in [-0.2, 0) is 24.6 Å². The van der Waals surface area contributed by atoms with Gasteiger partial charge in [0.15, 0.2) is 17.7 Å². The Bertz CT molecular complexity index is 1620. The van der Waals surface area contributed by atoms with Crippen LogP contribution in [0.2, 0.25) is 0 Å². The van der Waals surface area contributed by atoms with E-state index in [1.54, 1.807) is 18.2 Å². The van der Waals surface area contributed by atoms with Crippen molar-refractivity contribution >= 4 is 48.2 Å². The third-order valence-corrected chi connectivity index (χ3v) is 10.4. The molecule has 1 aromatic carbocycles. The van der Waals surface area contributed by atoms with E-state index in [-0.39, 0.29) is 37.5 Å². The number of sulfonamides is 1. The highest BCUT2D eigenvalue weighted by molar-refractivity contribution is 7.93. The van der Waals surface area contributed by atoms with Crippen LogP contribution in [0.4, 0.5) is 5.82 Å². The number of aliphatic hydroxyl groups is 2. The van der Waals surface area contributed by atoms with Crippen LogP contribution in [0, 0.1) is 0 Å². The number of rotatable bonds is 7. The van der Waals surface area contributed by atoms with E-state index in [1.165, 1.54) is 34.7 Å². The normalized spacial score (nSPS) is 22.8. The van der Waals surface area contributed by atoms with Crippen LogP contribution >= 0.6 is 11.3 Å². The molecular weight excluding hydrogens is 532 g/mol. The standard InChI is InChI=1S/C20H20N6O7S3/c21-18-15-19(23-9-22-18)26(10-24-15)20-17(28)16(27)13(33-20)7-25-36(31,32)14-6-12(8-34-14)35(29,30)11-4-2-1-3-5-11/h1-6,8-10,13,16-17,20,25,27-28H,7H2,(H2,21,22,23)/t13-,16-,17-,20-/m1/s1. The zero-order valence-electron chi connectivity index (χ0n) is 18.2. The number of nitrogens with two attached hydrogens (primary N) is 1.